The zero-order chi connectivity index (χ0) is 15.7. The highest BCUT2D eigenvalue weighted by Crippen LogP contribution is 2.22. The Kier molecular flexibility index (Phi) is 3.71. The summed E-state index contributed by atoms with van der Waals surface area (Å²) >= 11 is 0. The Labute approximate surface area is 128 Å². The molecule has 2 N–H and O–H groups in total. The molecule has 5 heteroatoms. The number of hydrogen-bond donors (Lipinski definition) is 1. The van der Waals surface area contributed by atoms with Crippen molar-refractivity contribution in [1.82, 2.24) is 9.55 Å². The Hall–Kier alpha value is -2.56. The Bertz CT molecular complexity index is 862. The summed E-state index contributed by atoms with van der Waals surface area (Å²) in [6, 6.07) is 9.27. The molecule has 0 bridgehead atoms. The maximum Gasteiger partial charge on any atom is 0.274 e. The summed E-state index contributed by atoms with van der Waals surface area (Å²) < 4.78 is 7.28. The molecule has 1 aromatic carbocycles. The summed E-state index contributed by atoms with van der Waals surface area (Å²) in [6.07, 6.45) is 2.63. The molecule has 0 spiro atoms. The number of para-hydroxylation sites is 1. The van der Waals surface area contributed by atoms with E-state index in [9.17, 15) is 4.79 Å². The maximum absolute atomic E-state index is 12.0. The van der Waals surface area contributed by atoms with Crippen molar-refractivity contribution >= 4 is 16.8 Å². The van der Waals surface area contributed by atoms with Crippen LogP contribution in [0.15, 0.2) is 45.7 Å². The molecule has 22 heavy (non-hydrogen) atoms. The van der Waals surface area contributed by atoms with Crippen molar-refractivity contribution < 1.29 is 4.42 Å². The van der Waals surface area contributed by atoms with Gasteiger partial charge in [-0.3, -0.25) is 4.79 Å². The smallest absolute Gasteiger partial charge is 0.274 e. The molecular weight excluding hydrogens is 278 g/mol. The van der Waals surface area contributed by atoms with Crippen LogP contribution in [-0.4, -0.2) is 9.55 Å². The maximum atomic E-state index is 12.0. The van der Waals surface area contributed by atoms with Crippen LogP contribution >= 0.6 is 0 Å². The minimum atomic E-state index is -0.229. The zero-order valence-corrected chi connectivity index (χ0v) is 12.7. The van der Waals surface area contributed by atoms with E-state index in [1.807, 2.05) is 12.1 Å². The van der Waals surface area contributed by atoms with Crippen LogP contribution in [0.2, 0.25) is 0 Å². The number of benzene rings is 1. The van der Waals surface area contributed by atoms with Gasteiger partial charge in [0.25, 0.3) is 5.56 Å². The lowest BCUT2D eigenvalue weighted by molar-refractivity contribution is 0.504. The summed E-state index contributed by atoms with van der Waals surface area (Å²) in [6.45, 7) is 4.62. The second-order valence-corrected chi connectivity index (χ2v) is 5.87. The number of aromatic nitrogens is 2. The SMILES string of the molecule is CC(C)Cc1cccc2oc(Cn3cccc(N)c3=O)nc12. The number of hydrogen-bond acceptors (Lipinski definition) is 4. The van der Waals surface area contributed by atoms with E-state index in [2.05, 4.69) is 24.9 Å². The van der Waals surface area contributed by atoms with Gasteiger partial charge in [-0.2, -0.15) is 0 Å². The van der Waals surface area contributed by atoms with E-state index in [1.165, 1.54) is 10.1 Å². The second-order valence-electron chi connectivity index (χ2n) is 5.87. The Morgan fingerprint density at radius 1 is 1.27 bits per heavy atom. The van der Waals surface area contributed by atoms with Crippen molar-refractivity contribution in [2.75, 3.05) is 5.73 Å². The number of fused-ring (bicyclic) bond motifs is 1. The molecule has 0 saturated carbocycles. The molecule has 0 fully saturated rings. The molecule has 0 radical (unpaired) electrons. The van der Waals surface area contributed by atoms with Crippen molar-refractivity contribution in [2.24, 2.45) is 5.92 Å². The van der Waals surface area contributed by atoms with Crippen molar-refractivity contribution in [2.45, 2.75) is 26.8 Å². The average molecular weight is 297 g/mol. The number of nitrogens with zero attached hydrogens (tertiary/aromatic N) is 2. The van der Waals surface area contributed by atoms with E-state index in [0.29, 0.717) is 11.8 Å². The van der Waals surface area contributed by atoms with Crippen LogP contribution in [-0.2, 0) is 13.0 Å². The fourth-order valence-electron chi connectivity index (χ4n) is 2.55. The first-order chi connectivity index (χ1) is 10.5. The fraction of sp³-hybridized carbons (Fsp3) is 0.294. The molecule has 3 rings (SSSR count). The van der Waals surface area contributed by atoms with Gasteiger partial charge in [0.2, 0.25) is 5.89 Å². The highest BCUT2D eigenvalue weighted by atomic mass is 16.3. The molecule has 0 aliphatic heterocycles. The monoisotopic (exact) mass is 297 g/mol. The van der Waals surface area contributed by atoms with E-state index >= 15 is 0 Å². The number of pyridine rings is 1. The molecule has 2 aromatic heterocycles. The molecule has 0 unspecified atom stereocenters. The third-order valence-corrected chi connectivity index (χ3v) is 3.53. The van der Waals surface area contributed by atoms with Gasteiger partial charge in [0, 0.05) is 6.20 Å². The number of anilines is 1. The van der Waals surface area contributed by atoms with E-state index in [-0.39, 0.29) is 17.8 Å². The van der Waals surface area contributed by atoms with Crippen LogP contribution in [0.4, 0.5) is 5.69 Å². The number of nitrogens with two attached hydrogens (primary N) is 1. The summed E-state index contributed by atoms with van der Waals surface area (Å²) in [4.78, 5) is 16.5. The van der Waals surface area contributed by atoms with E-state index in [0.717, 1.165) is 17.5 Å². The lowest BCUT2D eigenvalue weighted by atomic mass is 10.0. The summed E-state index contributed by atoms with van der Waals surface area (Å²) in [7, 11) is 0. The van der Waals surface area contributed by atoms with Crippen LogP contribution in [0.3, 0.4) is 0 Å². The average Bonchev–Trinajstić information content (AvgIpc) is 2.87. The highest BCUT2D eigenvalue weighted by molar-refractivity contribution is 5.76. The minimum absolute atomic E-state index is 0.221. The first-order valence-electron chi connectivity index (χ1n) is 7.37. The topological polar surface area (TPSA) is 74.1 Å². The first-order valence-corrected chi connectivity index (χ1v) is 7.37. The first kappa shape index (κ1) is 14.4. The predicted molar refractivity (Wildman–Crippen MR) is 86.8 cm³/mol. The summed E-state index contributed by atoms with van der Waals surface area (Å²) in [5.74, 6) is 1.06. The molecule has 0 amide bonds. The molecular formula is C17H19N3O2. The van der Waals surface area contributed by atoms with Crippen molar-refractivity contribution in [1.29, 1.82) is 0 Å². The van der Waals surface area contributed by atoms with Gasteiger partial charge in [-0.05, 0) is 36.1 Å². The Morgan fingerprint density at radius 2 is 2.09 bits per heavy atom. The number of rotatable bonds is 4. The van der Waals surface area contributed by atoms with Crippen LogP contribution in [0.1, 0.15) is 25.3 Å². The lowest BCUT2D eigenvalue weighted by Crippen LogP contribution is -2.22. The van der Waals surface area contributed by atoms with Crippen molar-refractivity contribution in [3.05, 3.63) is 58.3 Å². The van der Waals surface area contributed by atoms with E-state index in [1.54, 1.807) is 18.3 Å². The molecule has 0 saturated heterocycles. The van der Waals surface area contributed by atoms with Gasteiger partial charge in [-0.1, -0.05) is 26.0 Å². The van der Waals surface area contributed by atoms with Gasteiger partial charge in [0.15, 0.2) is 5.58 Å². The van der Waals surface area contributed by atoms with Crippen LogP contribution in [0.5, 0.6) is 0 Å². The minimum Gasteiger partial charge on any atom is -0.439 e. The van der Waals surface area contributed by atoms with Crippen molar-refractivity contribution in [3.8, 4) is 0 Å². The number of oxazole rings is 1. The van der Waals surface area contributed by atoms with Gasteiger partial charge < -0.3 is 14.7 Å². The normalized spacial score (nSPS) is 11.4. The molecule has 114 valence electrons. The van der Waals surface area contributed by atoms with Crippen LogP contribution in [0.25, 0.3) is 11.1 Å². The lowest BCUT2D eigenvalue weighted by Gasteiger charge is -2.04. The quantitative estimate of drug-likeness (QED) is 0.803. The van der Waals surface area contributed by atoms with Gasteiger partial charge >= 0.3 is 0 Å². The number of nitrogen functional groups attached to an aromatic ring is 1. The summed E-state index contributed by atoms with van der Waals surface area (Å²) in [5, 5.41) is 0. The predicted octanol–water partition coefficient (Wildman–Crippen LogP) is 2.82. The van der Waals surface area contributed by atoms with Gasteiger partial charge in [0.1, 0.15) is 12.1 Å². The van der Waals surface area contributed by atoms with Crippen LogP contribution < -0.4 is 11.3 Å². The van der Waals surface area contributed by atoms with Crippen LogP contribution in [0, 0.1) is 5.92 Å². The van der Waals surface area contributed by atoms with E-state index in [4.69, 9.17) is 10.2 Å². The summed E-state index contributed by atoms with van der Waals surface area (Å²) in [5.41, 5.74) is 8.44. The van der Waals surface area contributed by atoms with Crippen molar-refractivity contribution in [3.63, 3.8) is 0 Å². The third-order valence-electron chi connectivity index (χ3n) is 3.53. The Morgan fingerprint density at radius 3 is 2.86 bits per heavy atom. The zero-order valence-electron chi connectivity index (χ0n) is 12.7. The van der Waals surface area contributed by atoms with Gasteiger partial charge in [-0.25, -0.2) is 4.98 Å². The molecule has 0 aliphatic carbocycles. The standard InChI is InChI=1S/C17H19N3O2/c1-11(2)9-12-5-3-7-14-16(12)19-15(22-14)10-20-8-4-6-13(18)17(20)21/h3-8,11H,9-10,18H2,1-2H3. The van der Waals surface area contributed by atoms with E-state index < -0.39 is 0 Å². The van der Waals surface area contributed by atoms with Gasteiger partial charge in [0.05, 0.1) is 5.69 Å². The molecule has 0 atom stereocenters. The molecule has 0 aliphatic rings. The van der Waals surface area contributed by atoms with Gasteiger partial charge in [-0.15, -0.1) is 0 Å². The highest BCUT2D eigenvalue weighted by Gasteiger charge is 2.12. The molecule has 2 heterocycles. The second kappa shape index (κ2) is 5.67. The third kappa shape index (κ3) is 2.74. The molecule has 3 aromatic rings. The largest absolute Gasteiger partial charge is 0.439 e. The fourth-order valence-corrected chi connectivity index (χ4v) is 2.55. The molecule has 5 nitrogen and oxygen atoms in total. The Balaban J connectivity index is 1.99.